The Balaban J connectivity index is 3.25. The summed E-state index contributed by atoms with van der Waals surface area (Å²) in [6.45, 7) is 3.95. The summed E-state index contributed by atoms with van der Waals surface area (Å²) in [6, 6.07) is 3.04. The second-order valence-electron chi connectivity index (χ2n) is 3.43. The van der Waals surface area contributed by atoms with Gasteiger partial charge in [0.1, 0.15) is 0 Å². The van der Waals surface area contributed by atoms with Gasteiger partial charge in [0, 0.05) is 10.0 Å². The zero-order valence-corrected chi connectivity index (χ0v) is 9.47. The highest BCUT2D eigenvalue weighted by Crippen LogP contribution is 2.30. The molecule has 0 radical (unpaired) electrons. The molecule has 5 heteroatoms. The van der Waals surface area contributed by atoms with Crippen LogP contribution in [0.15, 0.2) is 12.1 Å². The number of benzene rings is 1. The predicted octanol–water partition coefficient (Wildman–Crippen LogP) is 1.80. The number of rotatable bonds is 2. The molecule has 14 heavy (non-hydrogen) atoms. The van der Waals surface area contributed by atoms with Crippen molar-refractivity contribution >= 4 is 35.8 Å². The molecule has 0 unspecified atom stereocenters. The number of hydrogen-bond donors (Lipinski definition) is 2. The predicted molar refractivity (Wildman–Crippen MR) is 60.4 cm³/mol. The summed E-state index contributed by atoms with van der Waals surface area (Å²) in [5, 5.41) is 18.8. The van der Waals surface area contributed by atoms with Crippen molar-refractivity contribution in [2.45, 2.75) is 19.8 Å². The van der Waals surface area contributed by atoms with Crippen molar-refractivity contribution < 1.29 is 10.0 Å². The lowest BCUT2D eigenvalue weighted by Crippen LogP contribution is -2.30. The molecule has 0 bridgehead atoms. The fourth-order valence-corrected chi connectivity index (χ4v) is 2.24. The highest BCUT2D eigenvalue weighted by molar-refractivity contribution is 6.59. The van der Waals surface area contributed by atoms with Crippen molar-refractivity contribution in [3.8, 4) is 0 Å². The van der Waals surface area contributed by atoms with Crippen molar-refractivity contribution in [2.24, 2.45) is 0 Å². The van der Waals surface area contributed by atoms with Crippen LogP contribution in [0.1, 0.15) is 25.3 Å². The van der Waals surface area contributed by atoms with E-state index in [4.69, 9.17) is 33.2 Å². The maximum atomic E-state index is 8.94. The Morgan fingerprint density at radius 2 is 1.57 bits per heavy atom. The summed E-state index contributed by atoms with van der Waals surface area (Å²) in [6.07, 6.45) is 0. The molecular weight excluding hydrogens is 222 g/mol. The topological polar surface area (TPSA) is 40.5 Å². The quantitative estimate of drug-likeness (QED) is 0.764. The smallest absolute Gasteiger partial charge is 0.423 e. The molecule has 0 aliphatic rings. The van der Waals surface area contributed by atoms with E-state index in [2.05, 4.69) is 0 Å². The van der Waals surface area contributed by atoms with E-state index in [1.54, 1.807) is 0 Å². The molecule has 0 atom stereocenters. The van der Waals surface area contributed by atoms with E-state index in [1.807, 2.05) is 13.8 Å². The minimum atomic E-state index is -1.54. The molecular formula is C9H11BCl2O2. The first-order valence-electron chi connectivity index (χ1n) is 4.28. The average Bonchev–Trinajstić information content (AvgIpc) is 2.01. The Hall–Kier alpha value is -0.215. The molecule has 0 aliphatic heterocycles. The maximum absolute atomic E-state index is 8.94. The van der Waals surface area contributed by atoms with Crippen LogP contribution in [0.5, 0.6) is 0 Å². The molecule has 0 heterocycles. The monoisotopic (exact) mass is 232 g/mol. The van der Waals surface area contributed by atoms with Crippen LogP contribution in [0.25, 0.3) is 0 Å². The normalized spacial score (nSPS) is 10.8. The number of hydrogen-bond acceptors (Lipinski definition) is 2. The molecule has 0 aromatic heterocycles. The third-order valence-corrected chi connectivity index (χ3v) is 2.60. The van der Waals surface area contributed by atoms with Gasteiger partial charge in [0.05, 0.1) is 0 Å². The van der Waals surface area contributed by atoms with Gasteiger partial charge >= 0.3 is 7.12 Å². The lowest BCUT2D eigenvalue weighted by atomic mass is 9.79. The van der Waals surface area contributed by atoms with Crippen LogP contribution >= 0.6 is 23.2 Å². The third kappa shape index (κ3) is 2.42. The molecule has 76 valence electrons. The lowest BCUT2D eigenvalue weighted by molar-refractivity contribution is 0.426. The highest BCUT2D eigenvalue weighted by atomic mass is 35.5. The molecule has 0 saturated carbocycles. The first-order chi connectivity index (χ1) is 6.43. The van der Waals surface area contributed by atoms with Crippen LogP contribution in [0.4, 0.5) is 0 Å². The summed E-state index contributed by atoms with van der Waals surface area (Å²) in [4.78, 5) is 0. The second-order valence-corrected chi connectivity index (χ2v) is 4.24. The van der Waals surface area contributed by atoms with Crippen molar-refractivity contribution in [3.05, 3.63) is 27.7 Å². The van der Waals surface area contributed by atoms with Gasteiger partial charge in [-0.1, -0.05) is 37.0 Å². The first-order valence-corrected chi connectivity index (χ1v) is 5.04. The number of halogens is 2. The van der Waals surface area contributed by atoms with Crippen LogP contribution in [-0.4, -0.2) is 17.2 Å². The molecule has 0 fully saturated rings. The minimum Gasteiger partial charge on any atom is -0.423 e. The highest BCUT2D eigenvalue weighted by Gasteiger charge is 2.17. The van der Waals surface area contributed by atoms with E-state index < -0.39 is 7.12 Å². The summed E-state index contributed by atoms with van der Waals surface area (Å²) in [5.74, 6) is 0.208. The molecule has 0 saturated heterocycles. The van der Waals surface area contributed by atoms with Crippen molar-refractivity contribution in [2.75, 3.05) is 0 Å². The fourth-order valence-electron chi connectivity index (χ4n) is 1.30. The third-order valence-electron chi connectivity index (χ3n) is 1.98. The van der Waals surface area contributed by atoms with Gasteiger partial charge in [-0.15, -0.1) is 0 Å². The van der Waals surface area contributed by atoms with Crippen LogP contribution in [-0.2, 0) is 0 Å². The standard InChI is InChI=1S/C9H11BCl2O2/c1-5(2)9-7(11)3-6(10(13)14)4-8(9)12/h3-5,13-14H,1-2H3. The van der Waals surface area contributed by atoms with Crippen LogP contribution < -0.4 is 5.46 Å². The fraction of sp³-hybridized carbons (Fsp3) is 0.333. The molecule has 0 amide bonds. The van der Waals surface area contributed by atoms with Gasteiger partial charge in [-0.2, -0.15) is 0 Å². The van der Waals surface area contributed by atoms with Crippen LogP contribution in [0, 0.1) is 0 Å². The largest absolute Gasteiger partial charge is 0.488 e. The van der Waals surface area contributed by atoms with E-state index in [-0.39, 0.29) is 5.92 Å². The summed E-state index contributed by atoms with van der Waals surface area (Å²) < 4.78 is 0. The van der Waals surface area contributed by atoms with Gasteiger partial charge in [0.25, 0.3) is 0 Å². The van der Waals surface area contributed by atoms with E-state index in [1.165, 1.54) is 12.1 Å². The van der Waals surface area contributed by atoms with Crippen LogP contribution in [0.2, 0.25) is 10.0 Å². The summed E-state index contributed by atoms with van der Waals surface area (Å²) in [5.41, 5.74) is 1.14. The van der Waals surface area contributed by atoms with E-state index in [9.17, 15) is 0 Å². The molecule has 0 aliphatic carbocycles. The SMILES string of the molecule is CC(C)c1c(Cl)cc(B(O)O)cc1Cl. The van der Waals surface area contributed by atoms with Gasteiger partial charge < -0.3 is 10.0 Å². The maximum Gasteiger partial charge on any atom is 0.488 e. The van der Waals surface area contributed by atoms with E-state index >= 15 is 0 Å². The molecule has 1 rings (SSSR count). The van der Waals surface area contributed by atoms with Gasteiger partial charge in [0.2, 0.25) is 0 Å². The van der Waals surface area contributed by atoms with Gasteiger partial charge in [-0.05, 0) is 29.1 Å². The van der Waals surface area contributed by atoms with Crippen molar-refractivity contribution in [1.29, 1.82) is 0 Å². The Kier molecular flexibility index (Phi) is 3.84. The van der Waals surface area contributed by atoms with Crippen molar-refractivity contribution in [1.82, 2.24) is 0 Å². The molecule has 1 aromatic carbocycles. The van der Waals surface area contributed by atoms with Crippen LogP contribution in [0.3, 0.4) is 0 Å². The van der Waals surface area contributed by atoms with Gasteiger partial charge in [-0.3, -0.25) is 0 Å². The Morgan fingerprint density at radius 3 is 1.86 bits per heavy atom. The zero-order valence-electron chi connectivity index (χ0n) is 7.96. The van der Waals surface area contributed by atoms with Gasteiger partial charge in [0.15, 0.2) is 0 Å². The lowest BCUT2D eigenvalue weighted by Gasteiger charge is -2.12. The molecule has 0 spiro atoms. The van der Waals surface area contributed by atoms with E-state index in [0.717, 1.165) is 5.56 Å². The zero-order chi connectivity index (χ0) is 10.9. The first kappa shape index (κ1) is 11.9. The van der Waals surface area contributed by atoms with Crippen molar-refractivity contribution in [3.63, 3.8) is 0 Å². The average molecular weight is 233 g/mol. The van der Waals surface area contributed by atoms with E-state index in [0.29, 0.717) is 15.5 Å². The Bertz CT molecular complexity index is 317. The van der Waals surface area contributed by atoms with Gasteiger partial charge in [-0.25, -0.2) is 0 Å². The summed E-state index contributed by atoms with van der Waals surface area (Å²) >= 11 is 11.9. The Morgan fingerprint density at radius 1 is 1.14 bits per heavy atom. The molecule has 2 nitrogen and oxygen atoms in total. The minimum absolute atomic E-state index is 0.208. The second kappa shape index (κ2) is 4.54. The molecule has 2 N–H and O–H groups in total. The Labute approximate surface area is 93.6 Å². The molecule has 1 aromatic rings. The summed E-state index contributed by atoms with van der Waals surface area (Å²) in [7, 11) is -1.54.